The second-order valence-electron chi connectivity index (χ2n) is 4.02. The van der Waals surface area contributed by atoms with Crippen LogP contribution in [0.25, 0.3) is 0 Å². The van der Waals surface area contributed by atoms with Crippen molar-refractivity contribution >= 4 is 11.5 Å². The van der Waals surface area contributed by atoms with Crippen LogP contribution in [0, 0.1) is 0 Å². The second kappa shape index (κ2) is 5.98. The number of hydrogen-bond acceptors (Lipinski definition) is 3. The van der Waals surface area contributed by atoms with E-state index in [1.807, 2.05) is 72.7 Å². The number of carbonyl (C=O) groups is 1. The zero-order valence-electron chi connectivity index (χ0n) is 10.3. The zero-order valence-corrected chi connectivity index (χ0v) is 10.3. The van der Waals surface area contributed by atoms with Crippen molar-refractivity contribution in [2.75, 3.05) is 18.6 Å². The van der Waals surface area contributed by atoms with Crippen molar-refractivity contribution < 1.29 is 4.79 Å². The summed E-state index contributed by atoms with van der Waals surface area (Å²) in [4.78, 5) is 11.9. The molecule has 0 aliphatic rings. The van der Waals surface area contributed by atoms with Crippen LogP contribution in [0.3, 0.4) is 0 Å². The molecule has 0 amide bonds. The van der Waals surface area contributed by atoms with E-state index in [0.29, 0.717) is 0 Å². The lowest BCUT2D eigenvalue weighted by atomic mass is 10.1. The first-order valence-electron chi connectivity index (χ1n) is 5.88. The molecule has 0 bridgehead atoms. The number of anilines is 1. The van der Waals surface area contributed by atoms with Crippen molar-refractivity contribution in [1.29, 1.82) is 0 Å². The Morgan fingerprint density at radius 2 is 1.56 bits per heavy atom. The molecule has 0 unspecified atom stereocenters. The third-order valence-corrected chi connectivity index (χ3v) is 2.72. The molecule has 0 aliphatic carbocycles. The van der Waals surface area contributed by atoms with Gasteiger partial charge in [-0.25, -0.2) is 5.43 Å². The van der Waals surface area contributed by atoms with Crippen LogP contribution in [0.1, 0.15) is 10.4 Å². The lowest BCUT2D eigenvalue weighted by molar-refractivity contribution is 0.0990. The molecule has 0 fully saturated rings. The molecular formula is C15H16N2O. The molecular weight excluding hydrogens is 224 g/mol. The molecule has 0 radical (unpaired) electrons. The number of hydrogen-bond donors (Lipinski definition) is 1. The van der Waals surface area contributed by atoms with E-state index in [2.05, 4.69) is 5.43 Å². The SMILES string of the molecule is CN(NCC(=O)c1ccccc1)c1ccccc1. The van der Waals surface area contributed by atoms with Crippen molar-refractivity contribution in [2.45, 2.75) is 0 Å². The lowest BCUT2D eigenvalue weighted by Crippen LogP contribution is -2.38. The standard InChI is InChI=1S/C15H16N2O/c1-17(14-10-6-3-7-11-14)16-12-15(18)13-8-4-2-5-9-13/h2-11,16H,12H2,1H3. The molecule has 2 rings (SSSR count). The van der Waals surface area contributed by atoms with E-state index >= 15 is 0 Å². The molecule has 0 aliphatic heterocycles. The van der Waals surface area contributed by atoms with Gasteiger partial charge in [0.1, 0.15) is 0 Å². The third kappa shape index (κ3) is 3.18. The highest BCUT2D eigenvalue weighted by atomic mass is 16.1. The fourth-order valence-electron chi connectivity index (χ4n) is 1.66. The fourth-order valence-corrected chi connectivity index (χ4v) is 1.66. The van der Waals surface area contributed by atoms with E-state index in [-0.39, 0.29) is 12.3 Å². The van der Waals surface area contributed by atoms with E-state index in [1.54, 1.807) is 0 Å². The first-order valence-corrected chi connectivity index (χ1v) is 5.88. The van der Waals surface area contributed by atoms with Gasteiger partial charge in [0.25, 0.3) is 0 Å². The van der Waals surface area contributed by atoms with E-state index in [1.165, 1.54) is 0 Å². The molecule has 18 heavy (non-hydrogen) atoms. The average molecular weight is 240 g/mol. The van der Waals surface area contributed by atoms with Crippen LogP contribution in [-0.4, -0.2) is 19.4 Å². The summed E-state index contributed by atoms with van der Waals surface area (Å²) in [5.74, 6) is 0.0818. The number of rotatable bonds is 5. The van der Waals surface area contributed by atoms with Gasteiger partial charge in [-0.15, -0.1) is 0 Å². The molecule has 1 N–H and O–H groups in total. The highest BCUT2D eigenvalue weighted by molar-refractivity contribution is 5.97. The number of nitrogens with zero attached hydrogens (tertiary/aromatic N) is 1. The topological polar surface area (TPSA) is 32.3 Å². The normalized spacial score (nSPS) is 10.1. The highest BCUT2D eigenvalue weighted by Crippen LogP contribution is 2.08. The minimum Gasteiger partial charge on any atom is -0.311 e. The molecule has 2 aromatic rings. The quantitative estimate of drug-likeness (QED) is 0.644. The Morgan fingerprint density at radius 1 is 1.00 bits per heavy atom. The minimum absolute atomic E-state index is 0.0818. The molecule has 0 aromatic heterocycles. The summed E-state index contributed by atoms with van der Waals surface area (Å²) < 4.78 is 0. The number of para-hydroxylation sites is 1. The summed E-state index contributed by atoms with van der Waals surface area (Å²) in [7, 11) is 1.90. The van der Waals surface area contributed by atoms with E-state index in [9.17, 15) is 4.79 Å². The lowest BCUT2D eigenvalue weighted by Gasteiger charge is -2.19. The van der Waals surface area contributed by atoms with Gasteiger partial charge in [0.15, 0.2) is 5.78 Å². The molecule has 3 heteroatoms. The maximum Gasteiger partial charge on any atom is 0.178 e. The van der Waals surface area contributed by atoms with Gasteiger partial charge in [-0.1, -0.05) is 48.5 Å². The van der Waals surface area contributed by atoms with Crippen molar-refractivity contribution in [1.82, 2.24) is 5.43 Å². The van der Waals surface area contributed by atoms with Crippen molar-refractivity contribution in [2.24, 2.45) is 0 Å². The Bertz CT molecular complexity index is 496. The molecule has 0 spiro atoms. The third-order valence-electron chi connectivity index (χ3n) is 2.72. The first-order chi connectivity index (χ1) is 8.77. The summed E-state index contributed by atoms with van der Waals surface area (Å²) in [6.07, 6.45) is 0. The molecule has 3 nitrogen and oxygen atoms in total. The summed E-state index contributed by atoms with van der Waals surface area (Å²) in [6.45, 7) is 0.287. The van der Waals surface area contributed by atoms with Crippen LogP contribution in [-0.2, 0) is 0 Å². The zero-order chi connectivity index (χ0) is 12.8. The number of carbonyl (C=O) groups excluding carboxylic acids is 1. The summed E-state index contributed by atoms with van der Waals surface area (Å²) in [5, 5.41) is 1.85. The average Bonchev–Trinajstić information content (AvgIpc) is 2.46. The summed E-state index contributed by atoms with van der Waals surface area (Å²) in [6, 6.07) is 19.2. The number of hydrazine groups is 1. The van der Waals surface area contributed by atoms with Crippen molar-refractivity contribution in [3.63, 3.8) is 0 Å². The Balaban J connectivity index is 1.91. The van der Waals surface area contributed by atoms with Gasteiger partial charge in [0, 0.05) is 12.6 Å². The van der Waals surface area contributed by atoms with Crippen LogP contribution in [0.2, 0.25) is 0 Å². The predicted molar refractivity (Wildman–Crippen MR) is 73.6 cm³/mol. The van der Waals surface area contributed by atoms with E-state index < -0.39 is 0 Å². The van der Waals surface area contributed by atoms with Crippen LogP contribution >= 0.6 is 0 Å². The largest absolute Gasteiger partial charge is 0.311 e. The first kappa shape index (κ1) is 12.3. The number of benzene rings is 2. The van der Waals surface area contributed by atoms with Gasteiger partial charge >= 0.3 is 0 Å². The maximum absolute atomic E-state index is 11.9. The Labute approximate surface area is 107 Å². The van der Waals surface area contributed by atoms with Gasteiger partial charge < -0.3 is 5.01 Å². The van der Waals surface area contributed by atoms with Crippen LogP contribution in [0.5, 0.6) is 0 Å². The maximum atomic E-state index is 11.9. The molecule has 2 aromatic carbocycles. The molecule has 0 saturated carbocycles. The minimum atomic E-state index is 0.0818. The van der Waals surface area contributed by atoms with Gasteiger partial charge in [-0.05, 0) is 12.1 Å². The summed E-state index contributed by atoms with van der Waals surface area (Å²) >= 11 is 0. The Morgan fingerprint density at radius 3 is 2.17 bits per heavy atom. The van der Waals surface area contributed by atoms with Crippen LogP contribution in [0.4, 0.5) is 5.69 Å². The van der Waals surface area contributed by atoms with Gasteiger partial charge in [-0.2, -0.15) is 0 Å². The van der Waals surface area contributed by atoms with Crippen LogP contribution < -0.4 is 10.4 Å². The summed E-state index contributed by atoms with van der Waals surface area (Å²) in [5.41, 5.74) is 4.84. The number of nitrogens with one attached hydrogen (secondary N) is 1. The van der Waals surface area contributed by atoms with E-state index in [0.717, 1.165) is 11.3 Å². The van der Waals surface area contributed by atoms with E-state index in [4.69, 9.17) is 0 Å². The highest BCUT2D eigenvalue weighted by Gasteiger charge is 2.06. The molecule has 0 heterocycles. The predicted octanol–water partition coefficient (Wildman–Crippen LogP) is 2.51. The van der Waals surface area contributed by atoms with Gasteiger partial charge in [0.2, 0.25) is 0 Å². The van der Waals surface area contributed by atoms with Crippen molar-refractivity contribution in [3.8, 4) is 0 Å². The fraction of sp³-hybridized carbons (Fsp3) is 0.133. The smallest absolute Gasteiger partial charge is 0.178 e. The Hall–Kier alpha value is -2.13. The second-order valence-corrected chi connectivity index (χ2v) is 4.02. The molecule has 0 atom stereocenters. The molecule has 92 valence electrons. The Kier molecular flexibility index (Phi) is 4.10. The number of ketones is 1. The van der Waals surface area contributed by atoms with Crippen LogP contribution in [0.15, 0.2) is 60.7 Å². The van der Waals surface area contributed by atoms with Gasteiger partial charge in [0.05, 0.1) is 12.2 Å². The monoisotopic (exact) mass is 240 g/mol. The van der Waals surface area contributed by atoms with Gasteiger partial charge in [-0.3, -0.25) is 4.79 Å². The number of Topliss-reactive ketones (excluding diaryl/α,β-unsaturated/α-hetero) is 1. The molecule has 0 saturated heterocycles. The van der Waals surface area contributed by atoms with Crippen molar-refractivity contribution in [3.05, 3.63) is 66.2 Å².